The Kier molecular flexibility index (Phi) is 5.76. The van der Waals surface area contributed by atoms with Gasteiger partial charge >= 0.3 is 0 Å². The average molecular weight is 413 g/mol. The number of carbonyl (C=O) groups is 2. The van der Waals surface area contributed by atoms with Crippen LogP contribution in [-0.2, 0) is 9.59 Å². The normalized spacial score (nSPS) is 28.1. The first kappa shape index (κ1) is 20.8. The van der Waals surface area contributed by atoms with Gasteiger partial charge in [-0.3, -0.25) is 14.5 Å². The number of benzene rings is 1. The first-order valence-electron chi connectivity index (χ1n) is 10.7. The van der Waals surface area contributed by atoms with Gasteiger partial charge in [0.05, 0.1) is 24.2 Å². The molecule has 0 radical (unpaired) electrons. The fraction of sp³-hybridized carbons (Fsp3) is 0.591. The standard InChI is InChI=1S/C22H28FN5O2/c1-2-19(14-5-7-15(23)8-6-14)28-17-10-20(22(28)30)26(12-17)13-18(25)21(29)27-9-3-4-16(27)11-24/h5-8,16-20H,2-4,9-10,12-13,25H2,1H3/t16-,17-,18-,19+,20-/m0/s1. The van der Waals surface area contributed by atoms with Crippen LogP contribution in [0.4, 0.5) is 4.39 Å². The molecule has 30 heavy (non-hydrogen) atoms. The van der Waals surface area contributed by atoms with Crippen LogP contribution < -0.4 is 5.73 Å². The summed E-state index contributed by atoms with van der Waals surface area (Å²) in [4.78, 5) is 31.4. The molecule has 0 aliphatic carbocycles. The Morgan fingerprint density at radius 1 is 1.37 bits per heavy atom. The molecular weight excluding hydrogens is 385 g/mol. The van der Waals surface area contributed by atoms with Gasteiger partial charge in [0.15, 0.2) is 0 Å². The fourth-order valence-corrected chi connectivity index (χ4v) is 5.29. The van der Waals surface area contributed by atoms with E-state index in [0.29, 0.717) is 26.1 Å². The lowest BCUT2D eigenvalue weighted by molar-refractivity contribution is -0.141. The largest absolute Gasteiger partial charge is 0.330 e. The quantitative estimate of drug-likeness (QED) is 0.761. The van der Waals surface area contributed by atoms with E-state index in [0.717, 1.165) is 24.8 Å². The fourth-order valence-electron chi connectivity index (χ4n) is 5.29. The van der Waals surface area contributed by atoms with E-state index in [-0.39, 0.29) is 35.8 Å². The predicted octanol–water partition coefficient (Wildman–Crippen LogP) is 1.40. The maximum absolute atomic E-state index is 13.3. The Morgan fingerprint density at radius 3 is 2.73 bits per heavy atom. The van der Waals surface area contributed by atoms with Gasteiger partial charge < -0.3 is 15.5 Å². The average Bonchev–Trinajstić information content (AvgIpc) is 3.45. The lowest BCUT2D eigenvalue weighted by Crippen LogP contribution is -2.56. The van der Waals surface area contributed by atoms with Crippen LogP contribution in [0.5, 0.6) is 0 Å². The highest BCUT2D eigenvalue weighted by atomic mass is 19.1. The van der Waals surface area contributed by atoms with Gasteiger partial charge in [-0.05, 0) is 43.4 Å². The van der Waals surface area contributed by atoms with Crippen LogP contribution in [0.2, 0.25) is 0 Å². The molecule has 2 amide bonds. The van der Waals surface area contributed by atoms with Crippen LogP contribution in [0.3, 0.4) is 0 Å². The molecule has 0 spiro atoms. The maximum Gasteiger partial charge on any atom is 0.241 e. The second-order valence-corrected chi connectivity index (χ2v) is 8.51. The Balaban J connectivity index is 1.41. The number of fused-ring (bicyclic) bond motifs is 2. The van der Waals surface area contributed by atoms with Crippen molar-refractivity contribution in [3.63, 3.8) is 0 Å². The highest BCUT2D eigenvalue weighted by Gasteiger charge is 2.52. The van der Waals surface area contributed by atoms with E-state index in [1.54, 1.807) is 17.0 Å². The zero-order valence-corrected chi connectivity index (χ0v) is 17.2. The van der Waals surface area contributed by atoms with Gasteiger partial charge in [-0.25, -0.2) is 4.39 Å². The van der Waals surface area contributed by atoms with Crippen molar-refractivity contribution >= 4 is 11.8 Å². The van der Waals surface area contributed by atoms with Gasteiger partial charge in [-0.2, -0.15) is 5.26 Å². The summed E-state index contributed by atoms with van der Waals surface area (Å²) in [6.07, 6.45) is 2.99. The van der Waals surface area contributed by atoms with Gasteiger partial charge in [-0.15, -0.1) is 0 Å². The lowest BCUT2D eigenvalue weighted by atomic mass is 10.0. The highest BCUT2D eigenvalue weighted by Crippen LogP contribution is 2.39. The number of hydrogen-bond donors (Lipinski definition) is 1. The molecule has 3 aliphatic heterocycles. The van der Waals surface area contributed by atoms with Crippen molar-refractivity contribution in [2.75, 3.05) is 19.6 Å². The van der Waals surface area contributed by atoms with Gasteiger partial charge in [-0.1, -0.05) is 19.1 Å². The topological polar surface area (TPSA) is 93.7 Å². The van der Waals surface area contributed by atoms with Crippen molar-refractivity contribution in [1.82, 2.24) is 14.7 Å². The molecule has 3 fully saturated rings. The summed E-state index contributed by atoms with van der Waals surface area (Å²) in [5, 5.41) is 9.22. The summed E-state index contributed by atoms with van der Waals surface area (Å²) in [6, 6.07) is 7.12. The summed E-state index contributed by atoms with van der Waals surface area (Å²) < 4.78 is 13.3. The molecule has 2 bridgehead atoms. The molecule has 5 atom stereocenters. The van der Waals surface area contributed by atoms with E-state index in [4.69, 9.17) is 5.73 Å². The highest BCUT2D eigenvalue weighted by molar-refractivity contribution is 5.87. The number of halogens is 1. The molecule has 8 heteroatoms. The Bertz CT molecular complexity index is 854. The smallest absolute Gasteiger partial charge is 0.241 e. The van der Waals surface area contributed by atoms with Crippen LogP contribution in [0.25, 0.3) is 0 Å². The maximum atomic E-state index is 13.3. The SMILES string of the molecule is CC[C@H](c1ccc(F)cc1)N1C(=O)[C@@H]2C[C@H]1CN2C[C@H](N)C(=O)N1CCC[C@H]1C#N. The molecule has 3 aliphatic rings. The Morgan fingerprint density at radius 2 is 2.10 bits per heavy atom. The third kappa shape index (κ3) is 3.57. The summed E-state index contributed by atoms with van der Waals surface area (Å²) in [5.74, 6) is -0.439. The van der Waals surface area contributed by atoms with E-state index in [2.05, 4.69) is 6.07 Å². The second-order valence-electron chi connectivity index (χ2n) is 8.51. The molecule has 3 saturated heterocycles. The van der Waals surface area contributed by atoms with Crippen molar-refractivity contribution in [2.24, 2.45) is 5.73 Å². The molecule has 3 heterocycles. The first-order chi connectivity index (χ1) is 14.4. The van der Waals surface area contributed by atoms with Crippen molar-refractivity contribution < 1.29 is 14.0 Å². The van der Waals surface area contributed by atoms with Crippen LogP contribution >= 0.6 is 0 Å². The van der Waals surface area contributed by atoms with Gasteiger partial charge in [0.1, 0.15) is 11.9 Å². The van der Waals surface area contributed by atoms with E-state index >= 15 is 0 Å². The molecule has 1 aromatic carbocycles. The number of carbonyl (C=O) groups excluding carboxylic acids is 2. The van der Waals surface area contributed by atoms with E-state index in [9.17, 15) is 19.2 Å². The molecular formula is C22H28FN5O2. The molecule has 0 unspecified atom stereocenters. The Labute approximate surface area is 176 Å². The van der Waals surface area contributed by atoms with Gasteiger partial charge in [0.2, 0.25) is 11.8 Å². The zero-order valence-electron chi connectivity index (χ0n) is 17.2. The third-order valence-electron chi connectivity index (χ3n) is 6.72. The van der Waals surface area contributed by atoms with Crippen molar-refractivity contribution in [3.05, 3.63) is 35.6 Å². The number of nitrogens with zero attached hydrogens (tertiary/aromatic N) is 4. The minimum absolute atomic E-state index is 0.0538. The minimum Gasteiger partial charge on any atom is -0.330 e. The second kappa shape index (κ2) is 8.32. The minimum atomic E-state index is -0.737. The monoisotopic (exact) mass is 413 g/mol. The summed E-state index contributed by atoms with van der Waals surface area (Å²) in [5.41, 5.74) is 7.13. The van der Waals surface area contributed by atoms with Crippen molar-refractivity contribution in [2.45, 2.75) is 62.8 Å². The number of likely N-dealkylation sites (tertiary alicyclic amines) is 3. The van der Waals surface area contributed by atoms with Gasteiger partial charge in [0.25, 0.3) is 0 Å². The van der Waals surface area contributed by atoms with Crippen molar-refractivity contribution in [3.8, 4) is 6.07 Å². The number of amides is 2. The first-order valence-corrected chi connectivity index (χ1v) is 10.7. The zero-order chi connectivity index (χ0) is 21.4. The van der Waals surface area contributed by atoms with E-state index in [1.807, 2.05) is 16.7 Å². The van der Waals surface area contributed by atoms with Crippen molar-refractivity contribution in [1.29, 1.82) is 5.26 Å². The molecule has 7 nitrogen and oxygen atoms in total. The van der Waals surface area contributed by atoms with E-state index < -0.39 is 12.1 Å². The van der Waals surface area contributed by atoms with Crippen LogP contribution in [-0.4, -0.2) is 70.3 Å². The number of nitrogens with two attached hydrogens (primary N) is 1. The lowest BCUT2D eigenvalue weighted by Gasteiger charge is -2.39. The van der Waals surface area contributed by atoms with E-state index in [1.165, 1.54) is 12.1 Å². The number of piperazine rings is 1. The van der Waals surface area contributed by atoms with Gasteiger partial charge in [0, 0.05) is 25.7 Å². The number of nitriles is 1. The molecule has 160 valence electrons. The van der Waals surface area contributed by atoms with Crippen LogP contribution in [0.15, 0.2) is 24.3 Å². The van der Waals surface area contributed by atoms with Crippen LogP contribution in [0, 0.1) is 17.1 Å². The number of hydrogen-bond acceptors (Lipinski definition) is 5. The summed E-state index contributed by atoms with van der Waals surface area (Å²) in [6.45, 7) is 3.60. The number of rotatable bonds is 6. The molecule has 4 rings (SSSR count). The summed E-state index contributed by atoms with van der Waals surface area (Å²) >= 11 is 0. The predicted molar refractivity (Wildman–Crippen MR) is 108 cm³/mol. The Hall–Kier alpha value is -2.50. The summed E-state index contributed by atoms with van der Waals surface area (Å²) in [7, 11) is 0. The molecule has 0 aromatic heterocycles. The molecule has 0 saturated carbocycles. The van der Waals surface area contributed by atoms with Crippen LogP contribution in [0.1, 0.15) is 44.2 Å². The molecule has 1 aromatic rings. The third-order valence-corrected chi connectivity index (χ3v) is 6.72. The molecule has 2 N–H and O–H groups in total.